The molecule has 0 bridgehead atoms. The first kappa shape index (κ1) is 53.3. The molecule has 1 saturated heterocycles. The van der Waals surface area contributed by atoms with Crippen molar-refractivity contribution in [3.63, 3.8) is 0 Å². The molecule has 14 nitrogen and oxygen atoms in total. The van der Waals surface area contributed by atoms with Gasteiger partial charge in [-0.1, -0.05) is 82.6 Å². The van der Waals surface area contributed by atoms with Gasteiger partial charge in [0, 0.05) is 11.1 Å². The Morgan fingerprint density at radius 2 is 1.03 bits per heavy atom. The quantitative estimate of drug-likeness (QED) is 0.0496. The number of carbonyl (C=O) groups is 4. The van der Waals surface area contributed by atoms with Crippen molar-refractivity contribution in [2.75, 3.05) is 39.6 Å². The highest BCUT2D eigenvalue weighted by Gasteiger charge is 2.33. The van der Waals surface area contributed by atoms with E-state index in [0.29, 0.717) is 24.2 Å². The number of esters is 2. The lowest BCUT2D eigenvalue weighted by Gasteiger charge is -2.24. The van der Waals surface area contributed by atoms with Crippen molar-refractivity contribution in [3.05, 3.63) is 115 Å². The van der Waals surface area contributed by atoms with Gasteiger partial charge in [0.2, 0.25) is 0 Å². The molecule has 0 aromatic heterocycles. The van der Waals surface area contributed by atoms with Gasteiger partial charge in [-0.05, 0) is 76.9 Å². The van der Waals surface area contributed by atoms with Crippen LogP contribution < -0.4 is 14.2 Å². The van der Waals surface area contributed by atoms with E-state index in [2.05, 4.69) is 13.2 Å². The lowest BCUT2D eigenvalue weighted by molar-refractivity contribution is -0.157. The summed E-state index contributed by atoms with van der Waals surface area (Å²) in [6, 6.07) is 27.7. The van der Waals surface area contributed by atoms with Crippen molar-refractivity contribution in [3.8, 4) is 17.2 Å². The fourth-order valence-corrected chi connectivity index (χ4v) is 4.39. The molecule has 1 fully saturated rings. The summed E-state index contributed by atoms with van der Waals surface area (Å²) in [6.45, 7) is 14.0. The number of hydrogen-bond donors (Lipinski definition) is 4. The van der Waals surface area contributed by atoms with Crippen LogP contribution in [0.2, 0.25) is 0 Å². The van der Waals surface area contributed by atoms with E-state index in [1.54, 1.807) is 62.4 Å². The molecule has 1 heterocycles. The molecule has 1 aliphatic rings. The summed E-state index contributed by atoms with van der Waals surface area (Å²) in [5.41, 5.74) is -2.16. The maximum Gasteiger partial charge on any atom is 0.333 e. The molecule has 0 saturated carbocycles. The first-order valence-corrected chi connectivity index (χ1v) is 18.1. The Hall–Kier alpha value is -5.70. The number of epoxide rings is 1. The van der Waals surface area contributed by atoms with Crippen LogP contribution in [0.4, 0.5) is 0 Å². The van der Waals surface area contributed by atoms with Crippen molar-refractivity contribution < 1.29 is 68.0 Å². The summed E-state index contributed by atoms with van der Waals surface area (Å²) in [5.74, 6) is -1.39. The van der Waals surface area contributed by atoms with Crippen LogP contribution in [0.5, 0.6) is 17.2 Å². The SMILES string of the molecule is C.C.C=C(CC(C)(C)C(=O)O)C(=O)O.C=C(CC(C)(C)C(=O)OCC(O)COc1ccccc1)C(=O)OCC(O)COc1ccccc1.c1ccc(OCC2CO2)cc1. The lowest BCUT2D eigenvalue weighted by atomic mass is 9.86. The minimum atomic E-state index is -1.15. The van der Waals surface area contributed by atoms with Gasteiger partial charge in [0.05, 0.1) is 17.4 Å². The average Bonchev–Trinajstić information content (AvgIpc) is 4.02. The number of carboxylic acid groups (broad SMARTS) is 2. The molecule has 14 heteroatoms. The standard InChI is InChI=1S/C26H32O8.C9H10O2.C8H12O4.2CH4/c1-19(24(29)33-17-20(27)15-31-22-10-6-4-7-11-22)14-26(2,3)25(30)34-18-21(28)16-32-23-12-8-5-9-13-23;1-2-4-8(5-3-1)10-6-9-7-11-9;1-5(6(9)10)4-8(2,3)7(11)12;;/h4-13,20-21,27-28H,1,14-18H2,2-3H3;1-5,9H,6-7H2;1,4H2,2-3H3,(H,9,10)(H,11,12);2*1H4. The topological polar surface area (TPSA) is 208 Å². The Balaban J connectivity index is 0.00000109. The zero-order chi connectivity index (χ0) is 42.4. The Morgan fingerprint density at radius 3 is 1.42 bits per heavy atom. The Labute approximate surface area is 348 Å². The van der Waals surface area contributed by atoms with Gasteiger partial charge in [-0.15, -0.1) is 0 Å². The van der Waals surface area contributed by atoms with Gasteiger partial charge < -0.3 is 48.8 Å². The van der Waals surface area contributed by atoms with Crippen LogP contribution in [0, 0.1) is 10.8 Å². The van der Waals surface area contributed by atoms with Crippen LogP contribution >= 0.6 is 0 Å². The third-order valence-electron chi connectivity index (χ3n) is 7.80. The molecule has 0 amide bonds. The van der Waals surface area contributed by atoms with Crippen LogP contribution in [0.15, 0.2) is 115 Å². The maximum absolute atomic E-state index is 12.5. The monoisotopic (exact) mass is 826 g/mol. The first-order valence-electron chi connectivity index (χ1n) is 18.1. The highest BCUT2D eigenvalue weighted by Crippen LogP contribution is 2.27. The Kier molecular flexibility index (Phi) is 24.5. The van der Waals surface area contributed by atoms with Crippen molar-refractivity contribution in [2.45, 2.75) is 73.7 Å². The molecule has 3 aromatic rings. The van der Waals surface area contributed by atoms with Crippen LogP contribution in [-0.2, 0) is 33.4 Å². The number of benzene rings is 3. The summed E-state index contributed by atoms with van der Waals surface area (Å²) < 4.78 is 31.5. The number of para-hydroxylation sites is 3. The smallest absolute Gasteiger partial charge is 0.333 e. The second kappa shape index (κ2) is 27.1. The normalized spacial score (nSPS) is 13.6. The van der Waals surface area contributed by atoms with Crippen molar-refractivity contribution >= 4 is 23.9 Å². The average molecular weight is 827 g/mol. The van der Waals surface area contributed by atoms with Gasteiger partial charge in [-0.25, -0.2) is 9.59 Å². The van der Waals surface area contributed by atoms with E-state index in [0.717, 1.165) is 12.4 Å². The van der Waals surface area contributed by atoms with Gasteiger partial charge in [-0.2, -0.15) is 0 Å². The minimum Gasteiger partial charge on any atom is -0.491 e. The number of carboxylic acids is 2. The molecule has 4 N–H and O–H groups in total. The first-order chi connectivity index (χ1) is 26.9. The Bertz CT molecular complexity index is 1700. The van der Waals surface area contributed by atoms with Gasteiger partial charge in [0.1, 0.15) is 68.6 Å². The van der Waals surface area contributed by atoms with Gasteiger partial charge in [0.25, 0.3) is 0 Å². The van der Waals surface area contributed by atoms with Gasteiger partial charge in [0.15, 0.2) is 0 Å². The molecular weight excluding hydrogens is 764 g/mol. The fraction of sp³-hybridized carbons (Fsp3) is 0.422. The van der Waals surface area contributed by atoms with Crippen molar-refractivity contribution in [1.82, 2.24) is 0 Å². The van der Waals surface area contributed by atoms with Gasteiger partial charge >= 0.3 is 23.9 Å². The van der Waals surface area contributed by atoms with E-state index in [1.807, 2.05) is 42.5 Å². The zero-order valence-corrected chi connectivity index (χ0v) is 32.8. The van der Waals surface area contributed by atoms with Crippen LogP contribution in [0.1, 0.15) is 55.4 Å². The summed E-state index contributed by atoms with van der Waals surface area (Å²) in [5, 5.41) is 37.0. The molecule has 4 rings (SSSR count). The summed E-state index contributed by atoms with van der Waals surface area (Å²) in [7, 11) is 0. The van der Waals surface area contributed by atoms with E-state index in [1.165, 1.54) is 13.8 Å². The minimum absolute atomic E-state index is 0. The molecule has 3 unspecified atom stereocenters. The molecule has 0 aliphatic carbocycles. The molecule has 59 heavy (non-hydrogen) atoms. The lowest BCUT2D eigenvalue weighted by Crippen LogP contribution is -2.33. The number of aliphatic carboxylic acids is 2. The second-order valence-electron chi connectivity index (χ2n) is 14.3. The second-order valence-corrected chi connectivity index (χ2v) is 14.3. The van der Waals surface area contributed by atoms with Crippen molar-refractivity contribution in [1.29, 1.82) is 0 Å². The largest absolute Gasteiger partial charge is 0.491 e. The molecule has 0 radical (unpaired) electrons. The number of hydrogen-bond acceptors (Lipinski definition) is 12. The third kappa shape index (κ3) is 22.7. The molecule has 326 valence electrons. The summed E-state index contributed by atoms with van der Waals surface area (Å²) in [6.07, 6.45) is -1.74. The molecule has 0 spiro atoms. The van der Waals surface area contributed by atoms with E-state index in [4.69, 9.17) is 38.6 Å². The predicted octanol–water partition coefficient (Wildman–Crippen LogP) is 6.79. The zero-order valence-electron chi connectivity index (χ0n) is 32.8. The number of rotatable bonds is 21. The summed E-state index contributed by atoms with van der Waals surface area (Å²) >= 11 is 0. The molecule has 3 atom stereocenters. The highest BCUT2D eigenvalue weighted by molar-refractivity contribution is 5.89. The Morgan fingerprint density at radius 1 is 0.644 bits per heavy atom. The molecule has 1 aliphatic heterocycles. The predicted molar refractivity (Wildman–Crippen MR) is 223 cm³/mol. The van der Waals surface area contributed by atoms with E-state index in [-0.39, 0.29) is 65.3 Å². The number of carbonyl (C=O) groups excluding carboxylic acids is 2. The maximum atomic E-state index is 12.5. The number of ether oxygens (including phenoxy) is 6. The highest BCUT2D eigenvalue weighted by atomic mass is 16.6. The fourth-order valence-electron chi connectivity index (χ4n) is 4.39. The third-order valence-corrected chi connectivity index (χ3v) is 7.80. The van der Waals surface area contributed by atoms with Crippen LogP contribution in [-0.4, -0.2) is 102 Å². The van der Waals surface area contributed by atoms with Crippen LogP contribution in [0.25, 0.3) is 0 Å². The van der Waals surface area contributed by atoms with Crippen LogP contribution in [0.3, 0.4) is 0 Å². The molecular formula is C45H62O14. The van der Waals surface area contributed by atoms with Crippen molar-refractivity contribution in [2.24, 2.45) is 10.8 Å². The summed E-state index contributed by atoms with van der Waals surface area (Å²) in [4.78, 5) is 45.5. The number of aliphatic hydroxyl groups is 2. The van der Waals surface area contributed by atoms with E-state index in [9.17, 15) is 29.4 Å². The van der Waals surface area contributed by atoms with E-state index < -0.39 is 46.9 Å². The molecule has 3 aromatic carbocycles. The van der Waals surface area contributed by atoms with E-state index >= 15 is 0 Å². The van der Waals surface area contributed by atoms with Gasteiger partial charge in [-0.3, -0.25) is 9.59 Å². The number of aliphatic hydroxyl groups excluding tert-OH is 2.